The summed E-state index contributed by atoms with van der Waals surface area (Å²) in [6.07, 6.45) is 1.00. The molecule has 0 amide bonds. The minimum atomic E-state index is -0.876. The molecule has 0 bridgehead atoms. The molecule has 1 aromatic carbocycles. The maximum Gasteiger partial charge on any atom is 0.312 e. The zero-order valence-corrected chi connectivity index (χ0v) is 10.1. The third-order valence-corrected chi connectivity index (χ3v) is 3.14. The van der Waals surface area contributed by atoms with Crippen LogP contribution in [-0.4, -0.2) is 23.7 Å². The molecule has 2 rings (SSSR count). The highest BCUT2D eigenvalue weighted by molar-refractivity contribution is 5.77. The van der Waals surface area contributed by atoms with Crippen LogP contribution in [0.5, 0.6) is 5.75 Å². The molecular formula is C13H17NO3. The number of nitrogens with two attached hydrogens (primary N) is 1. The Morgan fingerprint density at radius 1 is 1.65 bits per heavy atom. The molecule has 2 unspecified atom stereocenters. The summed E-state index contributed by atoms with van der Waals surface area (Å²) in [5, 5.41) is 9.11. The molecule has 1 aliphatic rings. The highest BCUT2D eigenvalue weighted by Crippen LogP contribution is 2.35. The van der Waals surface area contributed by atoms with Gasteiger partial charge in [-0.15, -0.1) is 0 Å². The number of rotatable bonds is 3. The lowest BCUT2D eigenvalue weighted by atomic mass is 9.94. The van der Waals surface area contributed by atoms with Crippen molar-refractivity contribution in [3.8, 4) is 5.75 Å². The van der Waals surface area contributed by atoms with E-state index < -0.39 is 11.9 Å². The lowest BCUT2D eigenvalue weighted by molar-refractivity contribution is -0.138. The van der Waals surface area contributed by atoms with E-state index in [-0.39, 0.29) is 12.6 Å². The molecule has 4 nitrogen and oxygen atoms in total. The van der Waals surface area contributed by atoms with Crippen molar-refractivity contribution in [3.63, 3.8) is 0 Å². The van der Waals surface area contributed by atoms with E-state index in [1.54, 1.807) is 0 Å². The van der Waals surface area contributed by atoms with Crippen molar-refractivity contribution in [1.29, 1.82) is 0 Å². The molecule has 2 atom stereocenters. The maximum atomic E-state index is 11.1. The van der Waals surface area contributed by atoms with Crippen molar-refractivity contribution in [2.24, 2.45) is 5.73 Å². The second-order valence-electron chi connectivity index (χ2n) is 4.59. The molecule has 0 saturated carbocycles. The summed E-state index contributed by atoms with van der Waals surface area (Å²) in [5.41, 5.74) is 8.37. The van der Waals surface area contributed by atoms with Gasteiger partial charge in [-0.05, 0) is 30.5 Å². The third-order valence-electron chi connectivity index (χ3n) is 3.14. The Morgan fingerprint density at radius 2 is 2.35 bits per heavy atom. The monoisotopic (exact) mass is 235 g/mol. The summed E-state index contributed by atoms with van der Waals surface area (Å²) in [5.74, 6) is -0.601. The number of carboxylic acid groups (broad SMARTS) is 1. The molecule has 0 aromatic heterocycles. The second-order valence-corrected chi connectivity index (χ2v) is 4.59. The molecule has 1 aromatic rings. The minimum Gasteiger partial charge on any atom is -0.490 e. The number of fused-ring (bicyclic) bond motifs is 1. The van der Waals surface area contributed by atoms with E-state index in [9.17, 15) is 4.79 Å². The standard InChI is InChI=1S/C13H17NO3/c1-7-3-9(11(6-14)13(15)16)5-10-4-8(2)17-12(7)10/h3,5,8,11H,4,6,14H2,1-2H3,(H,15,16). The van der Waals surface area contributed by atoms with Crippen molar-refractivity contribution >= 4 is 5.97 Å². The van der Waals surface area contributed by atoms with Gasteiger partial charge in [0.15, 0.2) is 0 Å². The Hall–Kier alpha value is -1.55. The number of carboxylic acids is 1. The first-order valence-corrected chi connectivity index (χ1v) is 5.76. The normalized spacial score (nSPS) is 19.6. The van der Waals surface area contributed by atoms with Gasteiger partial charge in [-0.3, -0.25) is 4.79 Å². The van der Waals surface area contributed by atoms with Crippen molar-refractivity contribution in [1.82, 2.24) is 0 Å². The summed E-state index contributed by atoms with van der Waals surface area (Å²) >= 11 is 0. The fourth-order valence-corrected chi connectivity index (χ4v) is 2.33. The molecule has 4 heteroatoms. The predicted octanol–water partition coefficient (Wildman–Crippen LogP) is 1.45. The van der Waals surface area contributed by atoms with Crippen LogP contribution in [0.3, 0.4) is 0 Å². The van der Waals surface area contributed by atoms with Crippen LogP contribution in [0.4, 0.5) is 0 Å². The van der Waals surface area contributed by atoms with Crippen molar-refractivity contribution in [2.45, 2.75) is 32.3 Å². The van der Waals surface area contributed by atoms with Crippen molar-refractivity contribution < 1.29 is 14.6 Å². The number of aryl methyl sites for hydroxylation is 1. The van der Waals surface area contributed by atoms with Gasteiger partial charge >= 0.3 is 5.97 Å². The zero-order chi connectivity index (χ0) is 12.6. The molecular weight excluding hydrogens is 218 g/mol. The van der Waals surface area contributed by atoms with Gasteiger partial charge in [0, 0.05) is 13.0 Å². The zero-order valence-electron chi connectivity index (χ0n) is 10.1. The lowest BCUT2D eigenvalue weighted by Crippen LogP contribution is -2.21. The van der Waals surface area contributed by atoms with Crippen LogP contribution in [0, 0.1) is 6.92 Å². The average molecular weight is 235 g/mol. The molecule has 92 valence electrons. The van der Waals surface area contributed by atoms with Crippen LogP contribution in [0.15, 0.2) is 12.1 Å². The quantitative estimate of drug-likeness (QED) is 0.831. The number of hydrogen-bond donors (Lipinski definition) is 2. The number of aliphatic carboxylic acids is 1. The number of ether oxygens (including phenoxy) is 1. The lowest BCUT2D eigenvalue weighted by Gasteiger charge is -2.13. The highest BCUT2D eigenvalue weighted by Gasteiger charge is 2.25. The van der Waals surface area contributed by atoms with E-state index in [0.29, 0.717) is 0 Å². The predicted molar refractivity (Wildman–Crippen MR) is 64.4 cm³/mol. The first kappa shape index (κ1) is 11.9. The average Bonchev–Trinajstić information content (AvgIpc) is 2.59. The van der Waals surface area contributed by atoms with Crippen LogP contribution in [-0.2, 0) is 11.2 Å². The number of carbonyl (C=O) groups is 1. The Balaban J connectivity index is 2.42. The molecule has 0 aliphatic carbocycles. The van der Waals surface area contributed by atoms with Gasteiger partial charge in [0.05, 0.1) is 5.92 Å². The Labute approximate surface area is 100 Å². The van der Waals surface area contributed by atoms with Gasteiger partial charge < -0.3 is 15.6 Å². The number of benzene rings is 1. The summed E-state index contributed by atoms with van der Waals surface area (Å²) in [6.45, 7) is 4.07. The van der Waals surface area contributed by atoms with E-state index in [1.807, 2.05) is 26.0 Å². The fourth-order valence-electron chi connectivity index (χ4n) is 2.33. The highest BCUT2D eigenvalue weighted by atomic mass is 16.5. The van der Waals surface area contributed by atoms with Gasteiger partial charge in [0.1, 0.15) is 11.9 Å². The van der Waals surface area contributed by atoms with E-state index in [2.05, 4.69) is 0 Å². The molecule has 17 heavy (non-hydrogen) atoms. The molecule has 1 heterocycles. The Kier molecular flexibility index (Phi) is 3.07. The van der Waals surface area contributed by atoms with Gasteiger partial charge in [-0.25, -0.2) is 0 Å². The van der Waals surface area contributed by atoms with Gasteiger partial charge in [0.25, 0.3) is 0 Å². The van der Waals surface area contributed by atoms with E-state index in [4.69, 9.17) is 15.6 Å². The minimum absolute atomic E-state index is 0.115. The van der Waals surface area contributed by atoms with Crippen LogP contribution in [0.1, 0.15) is 29.5 Å². The summed E-state index contributed by atoms with van der Waals surface area (Å²) in [4.78, 5) is 11.1. The second kappa shape index (κ2) is 4.37. The molecule has 0 saturated heterocycles. The maximum absolute atomic E-state index is 11.1. The first-order chi connectivity index (χ1) is 8.02. The molecule has 3 N–H and O–H groups in total. The molecule has 0 radical (unpaired) electrons. The van der Waals surface area contributed by atoms with Crippen LogP contribution < -0.4 is 10.5 Å². The van der Waals surface area contributed by atoms with E-state index in [0.717, 1.165) is 28.9 Å². The molecule has 0 spiro atoms. The van der Waals surface area contributed by atoms with E-state index in [1.165, 1.54) is 0 Å². The fraction of sp³-hybridized carbons (Fsp3) is 0.462. The van der Waals surface area contributed by atoms with E-state index >= 15 is 0 Å². The largest absolute Gasteiger partial charge is 0.490 e. The van der Waals surface area contributed by atoms with Gasteiger partial charge in [-0.1, -0.05) is 12.1 Å². The van der Waals surface area contributed by atoms with Crippen LogP contribution in [0.2, 0.25) is 0 Å². The Morgan fingerprint density at radius 3 is 2.94 bits per heavy atom. The summed E-state index contributed by atoms with van der Waals surface area (Å²) in [6, 6.07) is 3.78. The summed E-state index contributed by atoms with van der Waals surface area (Å²) < 4.78 is 5.69. The van der Waals surface area contributed by atoms with Crippen molar-refractivity contribution in [3.05, 3.63) is 28.8 Å². The van der Waals surface area contributed by atoms with Crippen LogP contribution >= 0.6 is 0 Å². The van der Waals surface area contributed by atoms with Crippen LogP contribution in [0.25, 0.3) is 0 Å². The first-order valence-electron chi connectivity index (χ1n) is 5.76. The SMILES string of the molecule is Cc1cc(C(CN)C(=O)O)cc2c1OC(C)C2. The van der Waals surface area contributed by atoms with Gasteiger partial charge in [0.2, 0.25) is 0 Å². The Bertz CT molecular complexity index is 456. The van der Waals surface area contributed by atoms with Gasteiger partial charge in [-0.2, -0.15) is 0 Å². The third kappa shape index (κ3) is 2.13. The van der Waals surface area contributed by atoms with Crippen molar-refractivity contribution in [2.75, 3.05) is 6.54 Å². The topological polar surface area (TPSA) is 72.6 Å². The molecule has 1 aliphatic heterocycles. The molecule has 0 fully saturated rings. The smallest absolute Gasteiger partial charge is 0.312 e. The number of hydrogen-bond acceptors (Lipinski definition) is 3. The summed E-state index contributed by atoms with van der Waals surface area (Å²) in [7, 11) is 0.